The molecule has 0 atom stereocenters. The van der Waals surface area contributed by atoms with Gasteiger partial charge in [0.15, 0.2) is 0 Å². The van der Waals surface area contributed by atoms with E-state index in [4.69, 9.17) is 10.00 Å². The lowest BCUT2D eigenvalue weighted by atomic mass is 10.0. The molecular formula is C12H12BrNO2S. The number of nitriles is 1. The van der Waals surface area contributed by atoms with Crippen LogP contribution in [0.1, 0.15) is 23.6 Å². The highest BCUT2D eigenvalue weighted by atomic mass is 79.9. The van der Waals surface area contributed by atoms with Crippen molar-refractivity contribution in [2.45, 2.75) is 23.6 Å². The first-order chi connectivity index (χ1) is 8.13. The highest BCUT2D eigenvalue weighted by Crippen LogP contribution is 2.25. The van der Waals surface area contributed by atoms with Gasteiger partial charge in [-0.1, -0.05) is 22.0 Å². The predicted molar refractivity (Wildman–Crippen MR) is 71.4 cm³/mol. The number of carbonyl (C=O) groups is 1. The summed E-state index contributed by atoms with van der Waals surface area (Å²) in [5.74, 6) is -0.271. The van der Waals surface area contributed by atoms with Gasteiger partial charge in [0.2, 0.25) is 0 Å². The number of hydrogen-bond donors (Lipinski definition) is 1. The molecule has 0 aromatic heterocycles. The number of esters is 1. The first-order valence-corrected chi connectivity index (χ1v) is 6.66. The summed E-state index contributed by atoms with van der Waals surface area (Å²) in [7, 11) is 0. The lowest BCUT2D eigenvalue weighted by molar-refractivity contribution is -0.142. The summed E-state index contributed by atoms with van der Waals surface area (Å²) in [4.78, 5) is 12.0. The third-order valence-electron chi connectivity index (χ3n) is 2.27. The van der Waals surface area contributed by atoms with Crippen molar-refractivity contribution in [3.05, 3.63) is 28.8 Å². The second-order valence-corrected chi connectivity index (χ2v) is 4.33. The molecule has 0 amide bonds. The predicted octanol–water partition coefficient (Wildman–Crippen LogP) is 2.85. The average Bonchev–Trinajstić information content (AvgIpc) is 2.30. The van der Waals surface area contributed by atoms with Crippen molar-refractivity contribution in [2.24, 2.45) is 0 Å². The minimum Gasteiger partial charge on any atom is -0.466 e. The minimum atomic E-state index is -0.271. The summed E-state index contributed by atoms with van der Waals surface area (Å²) in [6.07, 6.45) is 0.202. The van der Waals surface area contributed by atoms with Gasteiger partial charge in [0, 0.05) is 10.2 Å². The maximum atomic E-state index is 11.4. The van der Waals surface area contributed by atoms with Crippen LogP contribution in [0.25, 0.3) is 0 Å². The van der Waals surface area contributed by atoms with Gasteiger partial charge in [-0.3, -0.25) is 4.79 Å². The van der Waals surface area contributed by atoms with Crippen LogP contribution in [-0.2, 0) is 21.3 Å². The van der Waals surface area contributed by atoms with Crippen molar-refractivity contribution < 1.29 is 9.53 Å². The molecule has 17 heavy (non-hydrogen) atoms. The second-order valence-electron chi connectivity index (χ2n) is 3.33. The summed E-state index contributed by atoms with van der Waals surface area (Å²) in [5.41, 5.74) is 2.21. The van der Waals surface area contributed by atoms with E-state index < -0.39 is 0 Å². The van der Waals surface area contributed by atoms with Crippen LogP contribution in [0, 0.1) is 11.3 Å². The van der Waals surface area contributed by atoms with Crippen LogP contribution in [0.2, 0.25) is 0 Å². The van der Waals surface area contributed by atoms with Gasteiger partial charge in [-0.25, -0.2) is 0 Å². The average molecular weight is 314 g/mol. The van der Waals surface area contributed by atoms with E-state index in [2.05, 4.69) is 34.6 Å². The molecule has 0 unspecified atom stereocenters. The number of thiol groups is 1. The molecule has 0 saturated carbocycles. The van der Waals surface area contributed by atoms with Gasteiger partial charge >= 0.3 is 5.97 Å². The first-order valence-electron chi connectivity index (χ1n) is 5.09. The highest BCUT2D eigenvalue weighted by Gasteiger charge is 2.13. The molecule has 90 valence electrons. The molecule has 0 spiro atoms. The van der Waals surface area contributed by atoms with Crippen LogP contribution in [0.4, 0.5) is 0 Å². The molecule has 0 fully saturated rings. The van der Waals surface area contributed by atoms with E-state index >= 15 is 0 Å². The molecule has 0 aliphatic carbocycles. The molecule has 0 radical (unpaired) electrons. The molecule has 3 nitrogen and oxygen atoms in total. The molecule has 1 aromatic carbocycles. The zero-order valence-electron chi connectivity index (χ0n) is 9.36. The third-order valence-corrected chi connectivity index (χ3v) is 3.35. The number of ether oxygens (including phenoxy) is 1. The van der Waals surface area contributed by atoms with Crippen LogP contribution in [0.5, 0.6) is 0 Å². The molecule has 0 heterocycles. The number of halogens is 1. The summed E-state index contributed by atoms with van der Waals surface area (Å²) in [6, 6.07) is 5.50. The van der Waals surface area contributed by atoms with E-state index in [-0.39, 0.29) is 12.4 Å². The molecule has 0 aliphatic rings. The van der Waals surface area contributed by atoms with Gasteiger partial charge in [0.1, 0.15) is 6.07 Å². The number of hydrogen-bond acceptors (Lipinski definition) is 4. The van der Waals surface area contributed by atoms with Crippen LogP contribution in [0.3, 0.4) is 0 Å². The fraction of sp³-hybridized carbons (Fsp3) is 0.333. The fourth-order valence-electron chi connectivity index (χ4n) is 1.45. The molecular weight excluding hydrogens is 302 g/mol. The highest BCUT2D eigenvalue weighted by molar-refractivity contribution is 9.08. The molecule has 0 N–H and O–H groups in total. The fourth-order valence-corrected chi connectivity index (χ4v) is 2.65. The van der Waals surface area contributed by atoms with Crippen molar-refractivity contribution >= 4 is 34.5 Å². The van der Waals surface area contributed by atoms with Gasteiger partial charge in [-0.05, 0) is 24.1 Å². The van der Waals surface area contributed by atoms with Crippen LogP contribution in [0.15, 0.2) is 17.0 Å². The number of benzene rings is 1. The van der Waals surface area contributed by atoms with Gasteiger partial charge in [-0.2, -0.15) is 5.26 Å². The van der Waals surface area contributed by atoms with Crippen molar-refractivity contribution in [3.8, 4) is 6.07 Å². The molecule has 0 saturated heterocycles. The molecule has 0 bridgehead atoms. The number of carbonyl (C=O) groups excluding carboxylic acids is 1. The monoisotopic (exact) mass is 313 g/mol. The Morgan fingerprint density at radius 2 is 2.29 bits per heavy atom. The van der Waals surface area contributed by atoms with Crippen molar-refractivity contribution in [1.82, 2.24) is 0 Å². The number of nitrogens with zero attached hydrogens (tertiary/aromatic N) is 1. The largest absolute Gasteiger partial charge is 0.466 e. The maximum absolute atomic E-state index is 11.4. The zero-order chi connectivity index (χ0) is 12.8. The second kappa shape index (κ2) is 6.67. The Morgan fingerprint density at radius 3 is 2.82 bits per heavy atom. The van der Waals surface area contributed by atoms with Crippen molar-refractivity contribution in [2.75, 3.05) is 6.61 Å². The molecule has 0 aliphatic heterocycles. The Bertz CT molecular complexity index is 468. The van der Waals surface area contributed by atoms with E-state index in [1.165, 1.54) is 0 Å². The van der Waals surface area contributed by atoms with E-state index in [1.54, 1.807) is 19.1 Å². The normalized spacial score (nSPS) is 9.76. The molecule has 5 heteroatoms. The van der Waals surface area contributed by atoms with Crippen LogP contribution >= 0.6 is 28.6 Å². The summed E-state index contributed by atoms with van der Waals surface area (Å²) in [6.45, 7) is 2.14. The van der Waals surface area contributed by atoms with Crippen LogP contribution in [-0.4, -0.2) is 12.6 Å². The van der Waals surface area contributed by atoms with Crippen molar-refractivity contribution in [1.29, 1.82) is 5.26 Å². The van der Waals surface area contributed by atoms with Gasteiger partial charge < -0.3 is 4.74 Å². The van der Waals surface area contributed by atoms with E-state index in [0.29, 0.717) is 22.4 Å². The van der Waals surface area contributed by atoms with Gasteiger partial charge in [0.05, 0.1) is 18.6 Å². The SMILES string of the molecule is CCOC(=O)Cc1ccc(C#N)c(S)c1CBr. The Balaban J connectivity index is 3.05. The minimum absolute atomic E-state index is 0.202. The lowest BCUT2D eigenvalue weighted by Crippen LogP contribution is -2.09. The van der Waals surface area contributed by atoms with Crippen LogP contribution < -0.4 is 0 Å². The Hall–Kier alpha value is -0.990. The molecule has 1 rings (SSSR count). The van der Waals surface area contributed by atoms with Gasteiger partial charge in [-0.15, -0.1) is 12.6 Å². The Labute approximate surface area is 114 Å². The summed E-state index contributed by atoms with van der Waals surface area (Å²) < 4.78 is 4.90. The summed E-state index contributed by atoms with van der Waals surface area (Å²) in [5, 5.41) is 9.44. The number of rotatable bonds is 4. The standard InChI is InChI=1S/C12H12BrNO2S/c1-2-16-11(15)5-8-3-4-9(7-14)12(17)10(8)6-13/h3-4,17H,2,5-6H2,1H3. The van der Waals surface area contributed by atoms with E-state index in [0.717, 1.165) is 11.1 Å². The van der Waals surface area contributed by atoms with E-state index in [9.17, 15) is 4.79 Å². The van der Waals surface area contributed by atoms with Crippen molar-refractivity contribution in [3.63, 3.8) is 0 Å². The quantitative estimate of drug-likeness (QED) is 0.528. The maximum Gasteiger partial charge on any atom is 0.310 e. The van der Waals surface area contributed by atoms with E-state index in [1.807, 2.05) is 0 Å². The first kappa shape index (κ1) is 14.1. The van der Waals surface area contributed by atoms with Gasteiger partial charge in [0.25, 0.3) is 0 Å². The third kappa shape index (κ3) is 3.48. The zero-order valence-corrected chi connectivity index (χ0v) is 11.8. The summed E-state index contributed by atoms with van der Waals surface area (Å²) >= 11 is 7.65. The Kier molecular flexibility index (Phi) is 5.52. The number of alkyl halides is 1. The molecule has 1 aromatic rings. The lowest BCUT2D eigenvalue weighted by Gasteiger charge is -2.10. The topological polar surface area (TPSA) is 50.1 Å². The Morgan fingerprint density at radius 1 is 1.59 bits per heavy atom. The smallest absolute Gasteiger partial charge is 0.310 e.